The van der Waals surface area contributed by atoms with Crippen LogP contribution in [0.3, 0.4) is 0 Å². The van der Waals surface area contributed by atoms with E-state index in [-0.39, 0.29) is 6.54 Å². The molecule has 1 aliphatic heterocycles. The van der Waals surface area contributed by atoms with Crippen LogP contribution >= 0.6 is 0 Å². The minimum Gasteiger partial charge on any atom is -0.480 e. The summed E-state index contributed by atoms with van der Waals surface area (Å²) in [6.45, 7) is 4.60. The molecule has 8 nitrogen and oxygen atoms in total. The topological polar surface area (TPSA) is 116 Å². The van der Waals surface area contributed by atoms with Crippen LogP contribution in [0.15, 0.2) is 0 Å². The number of carboxylic acid groups (broad SMARTS) is 1. The Morgan fingerprint density at radius 3 is 2.43 bits per heavy atom. The van der Waals surface area contributed by atoms with E-state index < -0.39 is 35.4 Å². The Morgan fingerprint density at radius 2 is 2.00 bits per heavy atom. The lowest BCUT2D eigenvalue weighted by Gasteiger charge is -2.27. The highest BCUT2D eigenvalue weighted by Crippen LogP contribution is 2.20. The van der Waals surface area contributed by atoms with Crippen molar-refractivity contribution >= 4 is 23.8 Å². The normalized spacial score (nSPS) is 18.3. The van der Waals surface area contributed by atoms with Gasteiger partial charge in [0, 0.05) is 0 Å². The van der Waals surface area contributed by atoms with Gasteiger partial charge in [-0.25, -0.2) is 9.59 Å². The Bertz CT molecular complexity index is 461. The molecular weight excluding hydrogens is 278 g/mol. The molecule has 1 saturated heterocycles. The summed E-state index contributed by atoms with van der Waals surface area (Å²) in [6.07, 6.45) is 1.81. The summed E-state index contributed by atoms with van der Waals surface area (Å²) >= 11 is 0. The average molecular weight is 299 g/mol. The van der Waals surface area contributed by atoms with Crippen molar-refractivity contribution in [2.45, 2.75) is 51.6 Å². The summed E-state index contributed by atoms with van der Waals surface area (Å²) in [7, 11) is 0. The van der Waals surface area contributed by atoms with Crippen LogP contribution in [0.5, 0.6) is 0 Å². The minimum atomic E-state index is -1.13. The van der Waals surface area contributed by atoms with Gasteiger partial charge in [-0.05, 0) is 20.3 Å². The summed E-state index contributed by atoms with van der Waals surface area (Å²) in [5, 5.41) is 13.5. The van der Waals surface area contributed by atoms with Gasteiger partial charge >= 0.3 is 12.0 Å². The number of carboxylic acids is 1. The van der Waals surface area contributed by atoms with Crippen molar-refractivity contribution in [1.29, 1.82) is 0 Å². The van der Waals surface area contributed by atoms with Crippen LogP contribution < -0.4 is 10.6 Å². The van der Waals surface area contributed by atoms with E-state index in [1.165, 1.54) is 13.8 Å². The number of aliphatic carboxylic acids is 1. The number of imide groups is 1. The number of urea groups is 1. The SMILES string of the molecule is CCCCC(NC(=O)CN1C(=O)NC(=O)C1(C)C)C(=O)O. The zero-order valence-electron chi connectivity index (χ0n) is 12.4. The van der Waals surface area contributed by atoms with Crippen LogP contribution in [0, 0.1) is 0 Å². The summed E-state index contributed by atoms with van der Waals surface area (Å²) in [5.74, 6) is -2.20. The predicted molar refractivity (Wildman–Crippen MR) is 73.4 cm³/mol. The number of amides is 4. The molecule has 0 aromatic rings. The fourth-order valence-corrected chi connectivity index (χ4v) is 2.01. The van der Waals surface area contributed by atoms with Crippen molar-refractivity contribution in [3.63, 3.8) is 0 Å². The lowest BCUT2D eigenvalue weighted by atomic mass is 10.0. The van der Waals surface area contributed by atoms with Gasteiger partial charge in [0.05, 0.1) is 0 Å². The monoisotopic (exact) mass is 299 g/mol. The summed E-state index contributed by atoms with van der Waals surface area (Å²) in [5.41, 5.74) is -1.13. The first-order valence-electron chi connectivity index (χ1n) is 6.85. The highest BCUT2D eigenvalue weighted by molar-refractivity contribution is 6.07. The van der Waals surface area contributed by atoms with Crippen LogP contribution in [-0.4, -0.2) is 51.9 Å². The molecule has 1 fully saturated rings. The molecule has 4 amide bonds. The number of hydrogen-bond acceptors (Lipinski definition) is 4. The molecule has 8 heteroatoms. The van der Waals surface area contributed by atoms with Gasteiger partial charge in [0.2, 0.25) is 5.91 Å². The number of nitrogens with one attached hydrogen (secondary N) is 2. The van der Waals surface area contributed by atoms with Crippen molar-refractivity contribution < 1.29 is 24.3 Å². The molecule has 1 rings (SSSR count). The predicted octanol–water partition coefficient (Wildman–Crippen LogP) is 0.0764. The number of nitrogens with zero attached hydrogens (tertiary/aromatic N) is 1. The summed E-state index contributed by atoms with van der Waals surface area (Å²) in [4.78, 5) is 47.3. The molecule has 1 aliphatic rings. The maximum absolute atomic E-state index is 11.9. The first kappa shape index (κ1) is 16.9. The Morgan fingerprint density at radius 1 is 1.38 bits per heavy atom. The van der Waals surface area contributed by atoms with E-state index in [9.17, 15) is 19.2 Å². The van der Waals surface area contributed by atoms with Crippen LogP contribution in [0.2, 0.25) is 0 Å². The third-order valence-corrected chi connectivity index (χ3v) is 3.48. The Hall–Kier alpha value is -2.12. The molecule has 0 saturated carbocycles. The fraction of sp³-hybridized carbons (Fsp3) is 0.692. The maximum atomic E-state index is 11.9. The molecule has 1 heterocycles. The second-order valence-corrected chi connectivity index (χ2v) is 5.51. The third kappa shape index (κ3) is 3.93. The molecule has 0 aliphatic carbocycles. The molecular formula is C13H21N3O5. The quantitative estimate of drug-likeness (QED) is 0.576. The molecule has 0 aromatic carbocycles. The van der Waals surface area contributed by atoms with Gasteiger partial charge < -0.3 is 15.3 Å². The van der Waals surface area contributed by atoms with Crippen LogP contribution in [0.25, 0.3) is 0 Å². The summed E-state index contributed by atoms with van der Waals surface area (Å²) in [6, 6.07) is -1.64. The second kappa shape index (κ2) is 6.55. The lowest BCUT2D eigenvalue weighted by molar-refractivity contribution is -0.142. The summed E-state index contributed by atoms with van der Waals surface area (Å²) < 4.78 is 0. The second-order valence-electron chi connectivity index (χ2n) is 5.51. The highest BCUT2D eigenvalue weighted by Gasteiger charge is 2.46. The standard InChI is InChI=1S/C13H21N3O5/c1-4-5-6-8(10(18)19)14-9(17)7-16-12(21)15-11(20)13(16,2)3/h8H,4-7H2,1-3H3,(H,14,17)(H,18,19)(H,15,20,21). The largest absolute Gasteiger partial charge is 0.480 e. The fourth-order valence-electron chi connectivity index (χ4n) is 2.01. The van der Waals surface area contributed by atoms with Crippen LogP contribution in [0.1, 0.15) is 40.0 Å². The lowest BCUT2D eigenvalue weighted by Crippen LogP contribution is -2.51. The zero-order valence-corrected chi connectivity index (χ0v) is 12.4. The van der Waals surface area contributed by atoms with E-state index >= 15 is 0 Å². The van der Waals surface area contributed by atoms with Gasteiger partial charge in [-0.3, -0.25) is 14.9 Å². The number of unbranched alkanes of at least 4 members (excludes halogenated alkanes) is 1. The van der Waals surface area contributed by atoms with E-state index in [4.69, 9.17) is 5.11 Å². The van der Waals surface area contributed by atoms with Crippen molar-refractivity contribution in [1.82, 2.24) is 15.5 Å². The Kier molecular flexibility index (Phi) is 5.28. The van der Waals surface area contributed by atoms with Crippen molar-refractivity contribution in [2.75, 3.05) is 6.54 Å². The minimum absolute atomic E-state index is 0.325. The zero-order chi connectivity index (χ0) is 16.2. The van der Waals surface area contributed by atoms with E-state index in [2.05, 4.69) is 10.6 Å². The van der Waals surface area contributed by atoms with Crippen molar-refractivity contribution in [2.24, 2.45) is 0 Å². The number of hydrogen-bond donors (Lipinski definition) is 3. The molecule has 0 bridgehead atoms. The maximum Gasteiger partial charge on any atom is 0.326 e. The van der Waals surface area contributed by atoms with E-state index in [1.807, 2.05) is 6.92 Å². The molecule has 0 radical (unpaired) electrons. The molecule has 1 unspecified atom stereocenters. The average Bonchev–Trinajstić information content (AvgIpc) is 2.57. The Labute approximate surface area is 122 Å². The smallest absolute Gasteiger partial charge is 0.326 e. The van der Waals surface area contributed by atoms with E-state index in [1.54, 1.807) is 0 Å². The number of carbonyl (C=O) groups excluding carboxylic acids is 3. The van der Waals surface area contributed by atoms with Gasteiger partial charge in [-0.2, -0.15) is 0 Å². The molecule has 21 heavy (non-hydrogen) atoms. The van der Waals surface area contributed by atoms with E-state index in [0.29, 0.717) is 12.8 Å². The highest BCUT2D eigenvalue weighted by atomic mass is 16.4. The Balaban J connectivity index is 2.66. The molecule has 118 valence electrons. The van der Waals surface area contributed by atoms with Gasteiger partial charge in [-0.1, -0.05) is 19.8 Å². The first-order chi connectivity index (χ1) is 9.70. The molecule has 0 spiro atoms. The van der Waals surface area contributed by atoms with Crippen molar-refractivity contribution in [3.8, 4) is 0 Å². The van der Waals surface area contributed by atoms with Gasteiger partial charge in [0.15, 0.2) is 0 Å². The van der Waals surface area contributed by atoms with Gasteiger partial charge in [-0.15, -0.1) is 0 Å². The molecule has 1 atom stereocenters. The first-order valence-corrected chi connectivity index (χ1v) is 6.85. The van der Waals surface area contributed by atoms with Gasteiger partial charge in [0.25, 0.3) is 5.91 Å². The van der Waals surface area contributed by atoms with Crippen molar-refractivity contribution in [3.05, 3.63) is 0 Å². The van der Waals surface area contributed by atoms with E-state index in [0.717, 1.165) is 11.3 Å². The van der Waals surface area contributed by atoms with Crippen LogP contribution in [0.4, 0.5) is 4.79 Å². The molecule has 3 N–H and O–H groups in total. The third-order valence-electron chi connectivity index (χ3n) is 3.48. The number of carbonyl (C=O) groups is 4. The van der Waals surface area contributed by atoms with Gasteiger partial charge in [0.1, 0.15) is 18.1 Å². The molecule has 0 aromatic heterocycles. The number of rotatable bonds is 7. The van der Waals surface area contributed by atoms with Crippen LogP contribution in [-0.2, 0) is 14.4 Å².